The molecule has 4 saturated carbocycles. The van der Waals surface area contributed by atoms with Crippen molar-refractivity contribution in [2.75, 3.05) is 5.32 Å². The Bertz CT molecular complexity index is 552. The van der Waals surface area contributed by atoms with Gasteiger partial charge in [0.25, 0.3) is 0 Å². The molecule has 0 saturated heterocycles. The normalized spacial score (nSPS) is 37.7. The molecule has 0 heterocycles. The van der Waals surface area contributed by atoms with Gasteiger partial charge < -0.3 is 5.32 Å². The van der Waals surface area contributed by atoms with E-state index in [0.717, 1.165) is 33.5 Å². The maximum Gasteiger partial charge on any atom is 0.0992 e. The van der Waals surface area contributed by atoms with Crippen LogP contribution in [-0.4, -0.2) is 5.54 Å². The Morgan fingerprint density at radius 3 is 2.20 bits per heavy atom. The van der Waals surface area contributed by atoms with Crippen molar-refractivity contribution in [1.82, 2.24) is 0 Å². The average molecular weight is 331 g/mol. The average Bonchev–Trinajstić information content (AvgIpc) is 2.35. The molecule has 0 aromatic heterocycles. The van der Waals surface area contributed by atoms with Crippen LogP contribution in [-0.2, 0) is 0 Å². The van der Waals surface area contributed by atoms with E-state index in [1.54, 1.807) is 0 Å². The van der Waals surface area contributed by atoms with E-state index in [1.165, 1.54) is 38.5 Å². The van der Waals surface area contributed by atoms with E-state index in [2.05, 4.69) is 33.4 Å². The zero-order chi connectivity index (χ0) is 13.7. The Morgan fingerprint density at radius 2 is 1.65 bits per heavy atom. The molecule has 4 fully saturated rings. The van der Waals surface area contributed by atoms with Gasteiger partial charge in [0, 0.05) is 15.7 Å². The minimum absolute atomic E-state index is 0.308. The van der Waals surface area contributed by atoms with Gasteiger partial charge in [-0.1, -0.05) is 15.9 Å². The summed E-state index contributed by atoms with van der Waals surface area (Å²) in [6.07, 6.45) is 8.36. The highest BCUT2D eigenvalue weighted by Gasteiger charge is 2.50. The topological polar surface area (TPSA) is 35.8 Å². The van der Waals surface area contributed by atoms with Crippen LogP contribution in [0.1, 0.15) is 44.1 Å². The van der Waals surface area contributed by atoms with Crippen LogP contribution in [0.5, 0.6) is 0 Å². The first-order valence-corrected chi connectivity index (χ1v) is 8.42. The van der Waals surface area contributed by atoms with Crippen LogP contribution in [0.3, 0.4) is 0 Å². The Hall–Kier alpha value is -1.01. The fourth-order valence-electron chi connectivity index (χ4n) is 5.30. The minimum atomic E-state index is 0.308. The van der Waals surface area contributed by atoms with Crippen LogP contribution in [0, 0.1) is 29.1 Å². The summed E-state index contributed by atoms with van der Waals surface area (Å²) in [7, 11) is 0. The van der Waals surface area contributed by atoms with Crippen LogP contribution in [0.4, 0.5) is 5.69 Å². The molecule has 1 N–H and O–H groups in total. The fourth-order valence-corrected chi connectivity index (χ4v) is 5.79. The SMILES string of the molecule is N#Cc1cc(Br)cc(NC23CC4CC(CC(C4)C2)C3)c1. The number of hydrogen-bond donors (Lipinski definition) is 1. The smallest absolute Gasteiger partial charge is 0.0992 e. The fraction of sp³-hybridized carbons (Fsp3) is 0.588. The predicted octanol–water partition coefficient (Wildman–Crippen LogP) is 4.70. The second-order valence-corrected chi connectivity index (χ2v) is 8.08. The molecule has 1 aromatic rings. The molecule has 4 aliphatic rings. The number of anilines is 1. The van der Waals surface area contributed by atoms with Gasteiger partial charge in [0.05, 0.1) is 11.6 Å². The summed E-state index contributed by atoms with van der Waals surface area (Å²) in [4.78, 5) is 0. The standard InChI is InChI=1S/C17H19BrN2/c18-15-4-14(10-19)5-16(6-15)20-17-7-11-1-12(8-17)3-13(2-11)9-17/h4-6,11-13,20H,1-3,7-9H2. The third-order valence-electron chi connectivity index (χ3n) is 5.47. The molecule has 0 spiro atoms. The number of nitriles is 1. The van der Waals surface area contributed by atoms with E-state index >= 15 is 0 Å². The molecule has 4 bridgehead atoms. The van der Waals surface area contributed by atoms with Gasteiger partial charge in [-0.25, -0.2) is 0 Å². The largest absolute Gasteiger partial charge is 0.380 e. The second kappa shape index (κ2) is 4.49. The summed E-state index contributed by atoms with van der Waals surface area (Å²) in [6.45, 7) is 0. The Morgan fingerprint density at radius 1 is 1.05 bits per heavy atom. The van der Waals surface area contributed by atoms with Crippen molar-refractivity contribution in [3.8, 4) is 6.07 Å². The molecule has 0 amide bonds. The first-order valence-electron chi connectivity index (χ1n) is 7.63. The van der Waals surface area contributed by atoms with Crippen LogP contribution in [0.15, 0.2) is 22.7 Å². The summed E-state index contributed by atoms with van der Waals surface area (Å²) >= 11 is 3.51. The van der Waals surface area contributed by atoms with Crippen molar-refractivity contribution < 1.29 is 0 Å². The van der Waals surface area contributed by atoms with E-state index in [9.17, 15) is 0 Å². The Balaban J connectivity index is 1.63. The first kappa shape index (κ1) is 12.7. The van der Waals surface area contributed by atoms with Crippen molar-refractivity contribution in [2.24, 2.45) is 17.8 Å². The number of halogens is 1. The summed E-state index contributed by atoms with van der Waals surface area (Å²) in [6, 6.07) is 8.23. The predicted molar refractivity (Wildman–Crippen MR) is 83.4 cm³/mol. The quantitative estimate of drug-likeness (QED) is 0.852. The summed E-state index contributed by atoms with van der Waals surface area (Å²) in [5, 5.41) is 12.9. The maximum atomic E-state index is 9.12. The lowest BCUT2D eigenvalue weighted by atomic mass is 9.53. The molecule has 0 atom stereocenters. The lowest BCUT2D eigenvalue weighted by Gasteiger charge is -2.57. The molecule has 4 aliphatic carbocycles. The van der Waals surface area contributed by atoms with Gasteiger partial charge in [0.1, 0.15) is 0 Å². The molecule has 5 rings (SSSR count). The molecular weight excluding hydrogens is 312 g/mol. The Labute approximate surface area is 128 Å². The van der Waals surface area contributed by atoms with Crippen LogP contribution >= 0.6 is 15.9 Å². The number of rotatable bonds is 2. The Kier molecular flexibility index (Phi) is 2.86. The minimum Gasteiger partial charge on any atom is -0.380 e. The van der Waals surface area contributed by atoms with Crippen molar-refractivity contribution in [1.29, 1.82) is 5.26 Å². The summed E-state index contributed by atoms with van der Waals surface area (Å²) in [5.74, 6) is 2.82. The first-order chi connectivity index (χ1) is 9.64. The number of hydrogen-bond acceptors (Lipinski definition) is 2. The van der Waals surface area contributed by atoms with Crippen LogP contribution in [0.25, 0.3) is 0 Å². The highest BCUT2D eigenvalue weighted by Crippen LogP contribution is 2.56. The zero-order valence-electron chi connectivity index (χ0n) is 11.5. The van der Waals surface area contributed by atoms with Gasteiger partial charge in [0.15, 0.2) is 0 Å². The monoisotopic (exact) mass is 330 g/mol. The van der Waals surface area contributed by atoms with Gasteiger partial charge in [-0.15, -0.1) is 0 Å². The van der Waals surface area contributed by atoms with Gasteiger partial charge in [-0.05, 0) is 74.5 Å². The number of nitrogens with one attached hydrogen (secondary N) is 1. The molecular formula is C17H19BrN2. The molecule has 2 nitrogen and oxygen atoms in total. The van der Waals surface area contributed by atoms with Crippen molar-refractivity contribution >= 4 is 21.6 Å². The van der Waals surface area contributed by atoms with E-state index in [4.69, 9.17) is 5.26 Å². The number of benzene rings is 1. The van der Waals surface area contributed by atoms with E-state index < -0.39 is 0 Å². The molecule has 0 radical (unpaired) electrons. The molecule has 1 aromatic carbocycles. The van der Waals surface area contributed by atoms with Gasteiger partial charge >= 0.3 is 0 Å². The van der Waals surface area contributed by atoms with E-state index in [1.807, 2.05) is 12.1 Å². The third-order valence-corrected chi connectivity index (χ3v) is 5.93. The highest BCUT2D eigenvalue weighted by atomic mass is 79.9. The maximum absolute atomic E-state index is 9.12. The molecule has 0 aliphatic heterocycles. The van der Waals surface area contributed by atoms with Gasteiger partial charge in [0.2, 0.25) is 0 Å². The molecule has 0 unspecified atom stereocenters. The van der Waals surface area contributed by atoms with Crippen LogP contribution in [0.2, 0.25) is 0 Å². The summed E-state index contributed by atoms with van der Waals surface area (Å²) in [5.41, 5.74) is 2.15. The lowest BCUT2D eigenvalue weighted by Crippen LogP contribution is -2.54. The highest BCUT2D eigenvalue weighted by molar-refractivity contribution is 9.10. The van der Waals surface area contributed by atoms with Crippen LogP contribution < -0.4 is 5.32 Å². The lowest BCUT2D eigenvalue weighted by molar-refractivity contribution is 0.0107. The van der Waals surface area contributed by atoms with Gasteiger partial charge in [-0.2, -0.15) is 5.26 Å². The van der Waals surface area contributed by atoms with E-state index in [0.29, 0.717) is 5.54 Å². The third kappa shape index (κ3) is 2.15. The molecule has 20 heavy (non-hydrogen) atoms. The van der Waals surface area contributed by atoms with Gasteiger partial charge in [-0.3, -0.25) is 0 Å². The second-order valence-electron chi connectivity index (χ2n) is 7.16. The zero-order valence-corrected chi connectivity index (χ0v) is 13.1. The van der Waals surface area contributed by atoms with E-state index in [-0.39, 0.29) is 0 Å². The molecule has 3 heteroatoms. The summed E-state index contributed by atoms with van der Waals surface area (Å²) < 4.78 is 0.990. The molecule has 104 valence electrons. The van der Waals surface area contributed by atoms with Crippen molar-refractivity contribution in [2.45, 2.75) is 44.1 Å². The van der Waals surface area contributed by atoms with Crippen molar-refractivity contribution in [3.63, 3.8) is 0 Å². The van der Waals surface area contributed by atoms with Crippen molar-refractivity contribution in [3.05, 3.63) is 28.2 Å². The number of nitrogens with zero attached hydrogens (tertiary/aromatic N) is 1.